The molecule has 0 heterocycles. The fourth-order valence-corrected chi connectivity index (χ4v) is 2.86. The number of hydrogen-bond donors (Lipinski definition) is 0. The van der Waals surface area contributed by atoms with Crippen LogP contribution in [-0.4, -0.2) is 0 Å². The monoisotopic (exact) mass is 388 g/mol. The Bertz CT molecular complexity index is 594. The first-order chi connectivity index (χ1) is 11.2. The standard InChI is InChI=1S/C10H12Cl2.C10H12ClF/c1-7(2)5-8-6-9(11)3-4-10(8)12;1-7(2)5-8-6-9(12)3-4-10(8)11/h2*3-4,6-7H,5H2,1-2H3. The number of hydrogen-bond acceptors (Lipinski definition) is 0. The lowest BCUT2D eigenvalue weighted by Crippen LogP contribution is -1.95. The van der Waals surface area contributed by atoms with Crippen LogP contribution in [0.4, 0.5) is 4.39 Å². The normalized spacial score (nSPS) is 10.8. The average molecular weight is 390 g/mol. The van der Waals surface area contributed by atoms with Crippen molar-refractivity contribution in [1.82, 2.24) is 0 Å². The van der Waals surface area contributed by atoms with E-state index in [1.165, 1.54) is 12.1 Å². The fraction of sp³-hybridized carbons (Fsp3) is 0.400. The molecule has 0 radical (unpaired) electrons. The molecule has 0 aromatic heterocycles. The molecule has 0 saturated heterocycles. The molecule has 2 aromatic carbocycles. The second kappa shape index (κ2) is 10.3. The molecule has 0 aliphatic rings. The zero-order chi connectivity index (χ0) is 18.3. The largest absolute Gasteiger partial charge is 0.207 e. The van der Waals surface area contributed by atoms with Crippen LogP contribution in [0.1, 0.15) is 38.8 Å². The average Bonchev–Trinajstić information content (AvgIpc) is 2.46. The molecule has 0 saturated carbocycles. The summed E-state index contributed by atoms with van der Waals surface area (Å²) in [6, 6.07) is 10.1. The summed E-state index contributed by atoms with van der Waals surface area (Å²) in [6.45, 7) is 8.50. The van der Waals surface area contributed by atoms with Gasteiger partial charge in [0.2, 0.25) is 0 Å². The zero-order valence-corrected chi connectivity index (χ0v) is 16.8. The molecular weight excluding hydrogens is 366 g/mol. The van der Waals surface area contributed by atoms with Crippen molar-refractivity contribution in [1.29, 1.82) is 0 Å². The van der Waals surface area contributed by atoms with Crippen LogP contribution >= 0.6 is 34.8 Å². The third kappa shape index (κ3) is 7.88. The first kappa shape index (κ1) is 21.3. The maximum atomic E-state index is 12.7. The van der Waals surface area contributed by atoms with Gasteiger partial charge in [-0.1, -0.05) is 62.5 Å². The van der Waals surface area contributed by atoms with Gasteiger partial charge in [-0.05, 0) is 72.2 Å². The van der Waals surface area contributed by atoms with Crippen molar-refractivity contribution in [2.24, 2.45) is 11.8 Å². The lowest BCUT2D eigenvalue weighted by molar-refractivity contribution is 0.613. The van der Waals surface area contributed by atoms with E-state index in [4.69, 9.17) is 34.8 Å². The molecule has 2 aromatic rings. The second-order valence-corrected chi connectivity index (χ2v) is 7.92. The summed E-state index contributed by atoms with van der Waals surface area (Å²) < 4.78 is 12.7. The molecule has 24 heavy (non-hydrogen) atoms. The molecule has 4 heteroatoms. The molecule has 0 fully saturated rings. The molecule has 0 nitrogen and oxygen atoms in total. The van der Waals surface area contributed by atoms with Crippen LogP contribution < -0.4 is 0 Å². The maximum Gasteiger partial charge on any atom is 0.123 e. The van der Waals surface area contributed by atoms with Gasteiger partial charge in [0, 0.05) is 15.1 Å². The van der Waals surface area contributed by atoms with E-state index < -0.39 is 0 Å². The molecular formula is C20H24Cl3F. The number of halogens is 4. The van der Waals surface area contributed by atoms with Crippen molar-refractivity contribution in [3.63, 3.8) is 0 Å². The first-order valence-electron chi connectivity index (χ1n) is 8.07. The SMILES string of the molecule is CC(C)Cc1cc(Cl)ccc1Cl.CC(C)Cc1cc(F)ccc1Cl. The maximum absolute atomic E-state index is 12.7. The van der Waals surface area contributed by atoms with Crippen LogP contribution in [0.25, 0.3) is 0 Å². The Morgan fingerprint density at radius 1 is 0.750 bits per heavy atom. The highest BCUT2D eigenvalue weighted by Crippen LogP contribution is 2.23. The van der Waals surface area contributed by atoms with Gasteiger partial charge < -0.3 is 0 Å². The van der Waals surface area contributed by atoms with Gasteiger partial charge in [-0.2, -0.15) is 0 Å². The van der Waals surface area contributed by atoms with E-state index in [2.05, 4.69) is 27.7 Å². The summed E-state index contributed by atoms with van der Waals surface area (Å²) in [7, 11) is 0. The Kier molecular flexibility index (Phi) is 9.12. The minimum atomic E-state index is -0.213. The predicted octanol–water partition coefficient (Wildman–Crippen LogP) is 7.87. The molecule has 0 atom stereocenters. The van der Waals surface area contributed by atoms with Crippen LogP contribution in [0.15, 0.2) is 36.4 Å². The van der Waals surface area contributed by atoms with Gasteiger partial charge in [-0.25, -0.2) is 4.39 Å². The Morgan fingerprint density at radius 2 is 1.21 bits per heavy atom. The van der Waals surface area contributed by atoms with Crippen molar-refractivity contribution in [2.75, 3.05) is 0 Å². The molecule has 0 aliphatic heterocycles. The van der Waals surface area contributed by atoms with Crippen molar-refractivity contribution in [2.45, 2.75) is 40.5 Å². The van der Waals surface area contributed by atoms with Gasteiger partial charge in [0.15, 0.2) is 0 Å². The van der Waals surface area contributed by atoms with Gasteiger partial charge in [-0.3, -0.25) is 0 Å². The third-order valence-electron chi connectivity index (χ3n) is 3.27. The zero-order valence-electron chi connectivity index (χ0n) is 14.5. The van der Waals surface area contributed by atoms with Crippen LogP contribution in [0.2, 0.25) is 15.1 Å². The molecule has 0 spiro atoms. The van der Waals surface area contributed by atoms with E-state index in [0.29, 0.717) is 16.9 Å². The molecule has 132 valence electrons. The lowest BCUT2D eigenvalue weighted by Gasteiger charge is -2.06. The molecule has 0 unspecified atom stereocenters. The quantitative estimate of drug-likeness (QED) is 0.499. The summed E-state index contributed by atoms with van der Waals surface area (Å²) >= 11 is 17.7. The number of benzene rings is 2. The first-order valence-corrected chi connectivity index (χ1v) is 9.20. The minimum absolute atomic E-state index is 0.213. The summed E-state index contributed by atoms with van der Waals surface area (Å²) in [6.07, 6.45) is 1.82. The molecule has 2 rings (SSSR count). The van der Waals surface area contributed by atoms with Gasteiger partial charge in [-0.15, -0.1) is 0 Å². The third-order valence-corrected chi connectivity index (χ3v) is 4.24. The Balaban J connectivity index is 0.000000240. The van der Waals surface area contributed by atoms with E-state index in [9.17, 15) is 4.39 Å². The highest BCUT2D eigenvalue weighted by molar-refractivity contribution is 6.33. The van der Waals surface area contributed by atoms with Gasteiger partial charge in [0.05, 0.1) is 0 Å². The van der Waals surface area contributed by atoms with Crippen LogP contribution in [0.5, 0.6) is 0 Å². The van der Waals surface area contributed by atoms with E-state index in [1.807, 2.05) is 18.2 Å². The Labute approximate surface area is 159 Å². The van der Waals surface area contributed by atoms with Gasteiger partial charge >= 0.3 is 0 Å². The summed E-state index contributed by atoms with van der Waals surface area (Å²) in [5.74, 6) is 0.903. The van der Waals surface area contributed by atoms with Crippen molar-refractivity contribution >= 4 is 34.8 Å². The fourth-order valence-electron chi connectivity index (χ4n) is 2.28. The van der Waals surface area contributed by atoms with E-state index in [1.54, 1.807) is 6.07 Å². The second-order valence-electron chi connectivity index (χ2n) is 6.67. The minimum Gasteiger partial charge on any atom is -0.207 e. The van der Waals surface area contributed by atoms with Crippen LogP contribution in [0, 0.1) is 17.7 Å². The highest BCUT2D eigenvalue weighted by Gasteiger charge is 2.04. The van der Waals surface area contributed by atoms with Crippen LogP contribution in [-0.2, 0) is 12.8 Å². The van der Waals surface area contributed by atoms with Crippen molar-refractivity contribution < 1.29 is 4.39 Å². The molecule has 0 bridgehead atoms. The Hall–Kier alpha value is -0.760. The molecule has 0 N–H and O–H groups in total. The summed E-state index contributed by atoms with van der Waals surface area (Å²) in [5.41, 5.74) is 2.03. The predicted molar refractivity (Wildman–Crippen MR) is 105 cm³/mol. The number of rotatable bonds is 4. The van der Waals surface area contributed by atoms with Gasteiger partial charge in [0.25, 0.3) is 0 Å². The van der Waals surface area contributed by atoms with E-state index >= 15 is 0 Å². The van der Waals surface area contributed by atoms with Gasteiger partial charge in [0.1, 0.15) is 5.82 Å². The topological polar surface area (TPSA) is 0 Å². The molecule has 0 aliphatic carbocycles. The van der Waals surface area contributed by atoms with E-state index in [-0.39, 0.29) is 5.82 Å². The van der Waals surface area contributed by atoms with Crippen LogP contribution in [0.3, 0.4) is 0 Å². The Morgan fingerprint density at radius 3 is 1.71 bits per heavy atom. The summed E-state index contributed by atoms with van der Waals surface area (Å²) in [5, 5.41) is 2.23. The van der Waals surface area contributed by atoms with Crippen molar-refractivity contribution in [3.05, 3.63) is 68.4 Å². The summed E-state index contributed by atoms with van der Waals surface area (Å²) in [4.78, 5) is 0. The van der Waals surface area contributed by atoms with Crippen molar-refractivity contribution in [3.8, 4) is 0 Å². The molecule has 0 amide bonds. The lowest BCUT2D eigenvalue weighted by atomic mass is 10.0. The highest BCUT2D eigenvalue weighted by atomic mass is 35.5. The van der Waals surface area contributed by atoms with E-state index in [0.717, 1.165) is 34.0 Å². The smallest absolute Gasteiger partial charge is 0.123 e.